The summed E-state index contributed by atoms with van der Waals surface area (Å²) in [4.78, 5) is 0. The van der Waals surface area contributed by atoms with E-state index in [1.54, 1.807) is 26.4 Å². The molecule has 1 rings (SSSR count). The van der Waals surface area contributed by atoms with E-state index >= 15 is 0 Å². The van der Waals surface area contributed by atoms with Crippen molar-refractivity contribution in [3.63, 3.8) is 0 Å². The lowest BCUT2D eigenvalue weighted by Gasteiger charge is -2.15. The van der Waals surface area contributed by atoms with Gasteiger partial charge in [0.25, 0.3) is 0 Å². The van der Waals surface area contributed by atoms with E-state index in [-0.39, 0.29) is 24.9 Å². The molecule has 17 heavy (non-hydrogen) atoms. The molecule has 1 aromatic carbocycles. The average molecular weight is 329 g/mol. The molecule has 0 aliphatic carbocycles. The summed E-state index contributed by atoms with van der Waals surface area (Å²) in [6.45, 7) is -0.443. The number of benzene rings is 1. The zero-order valence-electron chi connectivity index (χ0n) is 9.70. The molecule has 0 aliphatic rings. The number of rotatable bonds is 5. The van der Waals surface area contributed by atoms with Gasteiger partial charge in [-0.2, -0.15) is 0 Å². The first-order chi connectivity index (χ1) is 7.63. The summed E-state index contributed by atoms with van der Waals surface area (Å²) in [5.74, 6) is 1.26. The fourth-order valence-electron chi connectivity index (χ4n) is 1.39. The molecule has 0 spiro atoms. The summed E-state index contributed by atoms with van der Waals surface area (Å²) < 4.78 is 23.3. The predicted molar refractivity (Wildman–Crippen MR) is 72.0 cm³/mol. The van der Waals surface area contributed by atoms with E-state index < -0.39 is 6.67 Å². The molecule has 0 saturated heterocycles. The first kappa shape index (κ1) is 16.5. The molecule has 0 unspecified atom stereocenters. The highest BCUT2D eigenvalue weighted by Crippen LogP contribution is 2.37. The molecule has 2 N–H and O–H groups in total. The van der Waals surface area contributed by atoms with Gasteiger partial charge in [0.15, 0.2) is 0 Å². The second kappa shape index (κ2) is 7.74. The smallest absolute Gasteiger partial charge is 0.137 e. The lowest BCUT2D eigenvalue weighted by atomic mass is 10.0. The Morgan fingerprint density at radius 1 is 1.29 bits per heavy atom. The van der Waals surface area contributed by atoms with Gasteiger partial charge in [-0.15, -0.1) is 12.4 Å². The normalized spacial score (nSPS) is 11.6. The SMILES string of the molecule is COc1cc([C@@H](N)CCF)cc(OC)c1Br.Cl. The van der Waals surface area contributed by atoms with Crippen molar-refractivity contribution in [2.75, 3.05) is 20.9 Å². The number of ether oxygens (including phenoxy) is 2. The van der Waals surface area contributed by atoms with E-state index in [2.05, 4.69) is 15.9 Å². The van der Waals surface area contributed by atoms with Gasteiger partial charge >= 0.3 is 0 Å². The number of hydrogen-bond donors (Lipinski definition) is 1. The number of halogens is 3. The minimum Gasteiger partial charge on any atom is -0.495 e. The van der Waals surface area contributed by atoms with Gasteiger partial charge < -0.3 is 15.2 Å². The molecule has 0 amide bonds. The monoisotopic (exact) mass is 327 g/mol. The van der Waals surface area contributed by atoms with E-state index in [4.69, 9.17) is 15.2 Å². The Bertz CT molecular complexity index is 340. The van der Waals surface area contributed by atoms with Gasteiger partial charge in [0.2, 0.25) is 0 Å². The van der Waals surface area contributed by atoms with E-state index in [0.29, 0.717) is 11.5 Å². The second-order valence-corrected chi connectivity index (χ2v) is 4.12. The minimum atomic E-state index is -0.443. The van der Waals surface area contributed by atoms with Crippen molar-refractivity contribution >= 4 is 28.3 Å². The first-order valence-corrected chi connectivity index (χ1v) is 5.66. The van der Waals surface area contributed by atoms with Gasteiger partial charge in [0, 0.05) is 6.04 Å². The molecule has 0 saturated carbocycles. The van der Waals surface area contributed by atoms with Crippen molar-refractivity contribution < 1.29 is 13.9 Å². The fourth-order valence-corrected chi connectivity index (χ4v) is 1.94. The molecule has 98 valence electrons. The van der Waals surface area contributed by atoms with E-state index in [0.717, 1.165) is 10.0 Å². The lowest BCUT2D eigenvalue weighted by molar-refractivity contribution is 0.386. The van der Waals surface area contributed by atoms with Crippen LogP contribution < -0.4 is 15.2 Å². The maximum atomic E-state index is 12.2. The zero-order chi connectivity index (χ0) is 12.1. The van der Waals surface area contributed by atoms with Crippen molar-refractivity contribution in [2.45, 2.75) is 12.5 Å². The van der Waals surface area contributed by atoms with Crippen LogP contribution in [-0.2, 0) is 0 Å². The summed E-state index contributed by atoms with van der Waals surface area (Å²) in [5, 5.41) is 0. The van der Waals surface area contributed by atoms with Crippen molar-refractivity contribution in [1.82, 2.24) is 0 Å². The Labute approximate surface area is 115 Å². The fraction of sp³-hybridized carbons (Fsp3) is 0.455. The van der Waals surface area contributed by atoms with Crippen molar-refractivity contribution in [1.29, 1.82) is 0 Å². The summed E-state index contributed by atoms with van der Waals surface area (Å²) in [7, 11) is 3.12. The van der Waals surface area contributed by atoms with Gasteiger partial charge in [0.05, 0.1) is 20.9 Å². The Kier molecular flexibility index (Phi) is 7.50. The predicted octanol–water partition coefficient (Wildman–Crippen LogP) is 3.25. The quantitative estimate of drug-likeness (QED) is 0.902. The minimum absolute atomic E-state index is 0. The van der Waals surface area contributed by atoms with Crippen LogP contribution in [-0.4, -0.2) is 20.9 Å². The zero-order valence-corrected chi connectivity index (χ0v) is 12.1. The highest BCUT2D eigenvalue weighted by molar-refractivity contribution is 9.10. The first-order valence-electron chi connectivity index (χ1n) is 4.87. The van der Waals surface area contributed by atoms with Crippen LogP contribution in [0, 0.1) is 0 Å². The van der Waals surface area contributed by atoms with Crippen molar-refractivity contribution in [2.24, 2.45) is 5.73 Å². The molecule has 6 heteroatoms. The number of methoxy groups -OCH3 is 2. The van der Waals surface area contributed by atoms with Crippen LogP contribution in [0.1, 0.15) is 18.0 Å². The molecular weight excluding hydrogens is 312 g/mol. The van der Waals surface area contributed by atoms with Crippen LogP contribution in [0.25, 0.3) is 0 Å². The Hall–Kier alpha value is -0.520. The van der Waals surface area contributed by atoms with Gasteiger partial charge in [0.1, 0.15) is 16.0 Å². The molecule has 0 radical (unpaired) electrons. The molecular formula is C11H16BrClFNO2. The molecule has 0 aliphatic heterocycles. The molecule has 1 aromatic rings. The third-order valence-corrected chi connectivity index (χ3v) is 3.10. The van der Waals surface area contributed by atoms with Crippen molar-refractivity contribution in [3.05, 3.63) is 22.2 Å². The summed E-state index contributed by atoms with van der Waals surface area (Å²) in [6, 6.07) is 3.22. The van der Waals surface area contributed by atoms with E-state index in [1.807, 2.05) is 0 Å². The van der Waals surface area contributed by atoms with Crippen LogP contribution in [0.2, 0.25) is 0 Å². The number of hydrogen-bond acceptors (Lipinski definition) is 3. The standard InChI is InChI=1S/C11H15BrFNO2.ClH/c1-15-9-5-7(8(14)3-4-13)6-10(16-2)11(9)12;/h5-6,8H,3-4,14H2,1-2H3;1H/t8-;/m0./s1. The molecule has 0 bridgehead atoms. The summed E-state index contributed by atoms with van der Waals surface area (Å²) >= 11 is 3.36. The van der Waals surface area contributed by atoms with Crippen LogP contribution in [0.5, 0.6) is 11.5 Å². The molecule has 0 fully saturated rings. The molecule has 0 heterocycles. The van der Waals surface area contributed by atoms with Gasteiger partial charge in [-0.3, -0.25) is 4.39 Å². The largest absolute Gasteiger partial charge is 0.495 e. The topological polar surface area (TPSA) is 44.5 Å². The van der Waals surface area contributed by atoms with Crippen LogP contribution in [0.3, 0.4) is 0 Å². The lowest BCUT2D eigenvalue weighted by Crippen LogP contribution is -2.11. The van der Waals surface area contributed by atoms with Crippen LogP contribution >= 0.6 is 28.3 Å². The van der Waals surface area contributed by atoms with Crippen LogP contribution in [0.4, 0.5) is 4.39 Å². The molecule has 0 aromatic heterocycles. The number of alkyl halides is 1. The molecule has 3 nitrogen and oxygen atoms in total. The Morgan fingerprint density at radius 3 is 2.12 bits per heavy atom. The Balaban J connectivity index is 0.00000256. The van der Waals surface area contributed by atoms with E-state index in [1.165, 1.54) is 0 Å². The second-order valence-electron chi connectivity index (χ2n) is 3.32. The Morgan fingerprint density at radius 2 is 1.76 bits per heavy atom. The third kappa shape index (κ3) is 4.01. The summed E-state index contributed by atoms with van der Waals surface area (Å²) in [5.41, 5.74) is 6.64. The highest BCUT2D eigenvalue weighted by atomic mass is 79.9. The summed E-state index contributed by atoms with van der Waals surface area (Å²) in [6.07, 6.45) is 0.286. The highest BCUT2D eigenvalue weighted by Gasteiger charge is 2.13. The van der Waals surface area contributed by atoms with Gasteiger partial charge in [-0.05, 0) is 40.0 Å². The van der Waals surface area contributed by atoms with Crippen molar-refractivity contribution in [3.8, 4) is 11.5 Å². The maximum absolute atomic E-state index is 12.2. The average Bonchev–Trinajstić information content (AvgIpc) is 2.29. The molecule has 1 atom stereocenters. The number of nitrogens with two attached hydrogens (primary N) is 1. The van der Waals surface area contributed by atoms with Crippen LogP contribution in [0.15, 0.2) is 16.6 Å². The van der Waals surface area contributed by atoms with Gasteiger partial charge in [-0.1, -0.05) is 0 Å². The van der Waals surface area contributed by atoms with Gasteiger partial charge in [-0.25, -0.2) is 0 Å². The third-order valence-electron chi connectivity index (χ3n) is 2.32. The maximum Gasteiger partial charge on any atom is 0.137 e. The van der Waals surface area contributed by atoms with E-state index in [9.17, 15) is 4.39 Å².